The zero-order valence-electron chi connectivity index (χ0n) is 17.6. The average molecular weight is 411 g/mol. The van der Waals surface area contributed by atoms with Crippen LogP contribution in [0.1, 0.15) is 48.8 Å². The highest BCUT2D eigenvalue weighted by atomic mass is 16.2. The molecule has 2 aromatic rings. The maximum Gasteiger partial charge on any atom is 0.244 e. The van der Waals surface area contributed by atoms with Crippen molar-refractivity contribution >= 4 is 11.7 Å². The predicted octanol–water partition coefficient (Wildman–Crippen LogP) is 2.03. The predicted molar refractivity (Wildman–Crippen MR) is 112 cm³/mol. The molecule has 3 heterocycles. The van der Waals surface area contributed by atoms with Gasteiger partial charge in [-0.05, 0) is 55.1 Å². The van der Waals surface area contributed by atoms with E-state index in [9.17, 15) is 9.59 Å². The van der Waals surface area contributed by atoms with Crippen LogP contribution in [-0.2, 0) is 17.9 Å². The summed E-state index contributed by atoms with van der Waals surface area (Å²) in [4.78, 5) is 29.9. The molecule has 0 aliphatic carbocycles. The minimum atomic E-state index is -0.145. The Balaban J connectivity index is 1.35. The third-order valence-electron chi connectivity index (χ3n) is 6.34. The number of ketones is 1. The summed E-state index contributed by atoms with van der Waals surface area (Å²) in [6.45, 7) is 6.30. The highest BCUT2D eigenvalue weighted by Crippen LogP contribution is 2.22. The van der Waals surface area contributed by atoms with Gasteiger partial charge >= 0.3 is 0 Å². The quantitative estimate of drug-likeness (QED) is 0.678. The van der Waals surface area contributed by atoms with Crippen molar-refractivity contribution in [2.45, 2.75) is 45.7 Å². The standard InChI is InChI=1S/C22H30N6O2/c1-17-9-12-26(13-10-17)15-20-23-24-25-28(20)16-21(29)27-11-5-8-19(14-27)22(30)18-6-3-2-4-7-18/h2-4,6-7,17,19H,5,8-16H2,1H3/t19-/m1/s1. The summed E-state index contributed by atoms with van der Waals surface area (Å²) < 4.78 is 1.61. The molecule has 2 saturated heterocycles. The maximum absolute atomic E-state index is 12.9. The van der Waals surface area contributed by atoms with Gasteiger partial charge < -0.3 is 4.90 Å². The lowest BCUT2D eigenvalue weighted by atomic mass is 9.90. The van der Waals surface area contributed by atoms with Gasteiger partial charge in [0.1, 0.15) is 6.54 Å². The largest absolute Gasteiger partial charge is 0.340 e. The fraction of sp³-hybridized carbons (Fsp3) is 0.591. The number of nitrogens with zero attached hydrogens (tertiary/aromatic N) is 6. The Bertz CT molecular complexity index is 860. The molecule has 0 radical (unpaired) electrons. The molecule has 0 bridgehead atoms. The van der Waals surface area contributed by atoms with Crippen molar-refractivity contribution in [1.82, 2.24) is 30.0 Å². The molecule has 1 aromatic carbocycles. The van der Waals surface area contributed by atoms with Gasteiger partial charge in [0.25, 0.3) is 0 Å². The van der Waals surface area contributed by atoms with Gasteiger partial charge in [0.05, 0.1) is 6.54 Å². The number of aromatic nitrogens is 4. The van der Waals surface area contributed by atoms with Crippen LogP contribution >= 0.6 is 0 Å². The van der Waals surface area contributed by atoms with E-state index in [1.165, 1.54) is 12.8 Å². The molecule has 1 atom stereocenters. The van der Waals surface area contributed by atoms with E-state index >= 15 is 0 Å². The minimum absolute atomic E-state index is 0.0265. The van der Waals surface area contributed by atoms with Crippen molar-refractivity contribution in [3.05, 3.63) is 41.7 Å². The third-order valence-corrected chi connectivity index (χ3v) is 6.34. The van der Waals surface area contributed by atoms with Crippen molar-refractivity contribution in [3.63, 3.8) is 0 Å². The van der Waals surface area contributed by atoms with Crippen LogP contribution < -0.4 is 0 Å². The number of piperidine rings is 2. The summed E-state index contributed by atoms with van der Waals surface area (Å²) >= 11 is 0. The summed E-state index contributed by atoms with van der Waals surface area (Å²) in [6.07, 6.45) is 4.03. The van der Waals surface area contributed by atoms with E-state index < -0.39 is 0 Å². The number of rotatable bonds is 6. The molecule has 1 aromatic heterocycles. The van der Waals surface area contributed by atoms with Crippen LogP contribution in [0.5, 0.6) is 0 Å². The number of amides is 1. The lowest BCUT2D eigenvalue weighted by molar-refractivity contribution is -0.133. The highest BCUT2D eigenvalue weighted by molar-refractivity contribution is 5.98. The number of hydrogen-bond donors (Lipinski definition) is 0. The number of carbonyl (C=O) groups excluding carboxylic acids is 2. The van der Waals surface area contributed by atoms with Crippen molar-refractivity contribution in [2.24, 2.45) is 11.8 Å². The molecule has 0 saturated carbocycles. The first kappa shape index (κ1) is 20.7. The van der Waals surface area contributed by atoms with E-state index in [0.717, 1.165) is 43.2 Å². The normalized spacial score (nSPS) is 21.0. The van der Waals surface area contributed by atoms with Crippen LogP contribution in [0.15, 0.2) is 30.3 Å². The van der Waals surface area contributed by atoms with Crippen molar-refractivity contribution in [1.29, 1.82) is 0 Å². The Labute approximate surface area is 177 Å². The number of Topliss-reactive ketones (excluding diaryl/α,β-unsaturated/α-hetero) is 1. The Morgan fingerprint density at radius 2 is 1.83 bits per heavy atom. The van der Waals surface area contributed by atoms with Gasteiger partial charge in [0.2, 0.25) is 5.91 Å². The second-order valence-corrected chi connectivity index (χ2v) is 8.62. The zero-order chi connectivity index (χ0) is 20.9. The number of tetrazole rings is 1. The van der Waals surface area contributed by atoms with Crippen LogP contribution in [0, 0.1) is 11.8 Å². The Morgan fingerprint density at radius 1 is 1.07 bits per heavy atom. The van der Waals surface area contributed by atoms with Crippen LogP contribution in [0.25, 0.3) is 0 Å². The molecule has 8 nitrogen and oxygen atoms in total. The molecular formula is C22H30N6O2. The first-order valence-electron chi connectivity index (χ1n) is 10.9. The molecule has 30 heavy (non-hydrogen) atoms. The van der Waals surface area contributed by atoms with Crippen LogP contribution in [0.2, 0.25) is 0 Å². The van der Waals surface area contributed by atoms with Gasteiger partial charge in [0, 0.05) is 24.6 Å². The van der Waals surface area contributed by atoms with Gasteiger partial charge in [-0.3, -0.25) is 14.5 Å². The van der Waals surface area contributed by atoms with Crippen LogP contribution in [-0.4, -0.2) is 67.9 Å². The van der Waals surface area contributed by atoms with Crippen molar-refractivity contribution in [2.75, 3.05) is 26.2 Å². The average Bonchev–Trinajstić information content (AvgIpc) is 3.22. The first-order chi connectivity index (χ1) is 14.6. The van der Waals surface area contributed by atoms with E-state index in [0.29, 0.717) is 19.6 Å². The molecule has 2 aliphatic rings. The molecule has 0 N–H and O–H groups in total. The summed E-state index contributed by atoms with van der Waals surface area (Å²) in [6, 6.07) is 9.35. The maximum atomic E-state index is 12.9. The van der Waals surface area contributed by atoms with E-state index in [4.69, 9.17) is 0 Å². The van der Waals surface area contributed by atoms with E-state index in [2.05, 4.69) is 27.3 Å². The molecule has 0 spiro atoms. The summed E-state index contributed by atoms with van der Waals surface area (Å²) in [5, 5.41) is 12.0. The second-order valence-electron chi connectivity index (χ2n) is 8.62. The van der Waals surface area contributed by atoms with Crippen molar-refractivity contribution in [3.8, 4) is 0 Å². The third kappa shape index (κ3) is 4.92. The van der Waals surface area contributed by atoms with Gasteiger partial charge in [-0.25, -0.2) is 4.68 Å². The van der Waals surface area contributed by atoms with Gasteiger partial charge in [-0.2, -0.15) is 0 Å². The minimum Gasteiger partial charge on any atom is -0.340 e. The monoisotopic (exact) mass is 410 g/mol. The zero-order valence-corrected chi connectivity index (χ0v) is 17.6. The number of carbonyl (C=O) groups is 2. The number of likely N-dealkylation sites (tertiary alicyclic amines) is 2. The molecule has 2 fully saturated rings. The molecule has 0 unspecified atom stereocenters. The van der Waals surface area contributed by atoms with Gasteiger partial charge in [-0.15, -0.1) is 5.10 Å². The molecule has 160 valence electrons. The summed E-state index contributed by atoms with van der Waals surface area (Å²) in [5.41, 5.74) is 0.718. The smallest absolute Gasteiger partial charge is 0.244 e. The Morgan fingerprint density at radius 3 is 2.60 bits per heavy atom. The molecule has 4 rings (SSSR count). The lowest BCUT2D eigenvalue weighted by Gasteiger charge is -2.32. The lowest BCUT2D eigenvalue weighted by Crippen LogP contribution is -2.44. The Hall–Kier alpha value is -2.61. The number of benzene rings is 1. The summed E-state index contributed by atoms with van der Waals surface area (Å²) in [5.74, 6) is 1.45. The SMILES string of the molecule is CC1CCN(Cc2nnnn2CC(=O)N2CCC[C@@H](C(=O)c3ccccc3)C2)CC1. The van der Waals surface area contributed by atoms with Gasteiger partial charge in [0.15, 0.2) is 11.6 Å². The number of hydrogen-bond acceptors (Lipinski definition) is 6. The van der Waals surface area contributed by atoms with E-state index in [1.807, 2.05) is 30.3 Å². The topological polar surface area (TPSA) is 84.2 Å². The fourth-order valence-electron chi connectivity index (χ4n) is 4.36. The molecule has 1 amide bonds. The van der Waals surface area contributed by atoms with Gasteiger partial charge in [-0.1, -0.05) is 37.3 Å². The fourth-order valence-corrected chi connectivity index (χ4v) is 4.36. The molecule has 2 aliphatic heterocycles. The second kappa shape index (κ2) is 9.47. The Kier molecular flexibility index (Phi) is 6.52. The molecule has 8 heteroatoms. The van der Waals surface area contributed by atoms with Crippen LogP contribution in [0.3, 0.4) is 0 Å². The summed E-state index contributed by atoms with van der Waals surface area (Å²) in [7, 11) is 0. The first-order valence-corrected chi connectivity index (χ1v) is 10.9. The van der Waals surface area contributed by atoms with Crippen LogP contribution in [0.4, 0.5) is 0 Å². The van der Waals surface area contributed by atoms with E-state index in [1.54, 1.807) is 9.58 Å². The highest BCUT2D eigenvalue weighted by Gasteiger charge is 2.29. The van der Waals surface area contributed by atoms with E-state index in [-0.39, 0.29) is 24.2 Å². The molecular weight excluding hydrogens is 380 g/mol. The van der Waals surface area contributed by atoms with Crippen molar-refractivity contribution < 1.29 is 9.59 Å².